The van der Waals surface area contributed by atoms with Gasteiger partial charge >= 0.3 is 0 Å². The van der Waals surface area contributed by atoms with Gasteiger partial charge in [-0.3, -0.25) is 4.98 Å². The Balaban J connectivity index is 1.82. The summed E-state index contributed by atoms with van der Waals surface area (Å²) in [5, 5.41) is 3.61. The Morgan fingerprint density at radius 1 is 1.41 bits per heavy atom. The van der Waals surface area contributed by atoms with Gasteiger partial charge in [0.05, 0.1) is 6.10 Å². The smallest absolute Gasteiger partial charge is 0.0655 e. The molecule has 1 heterocycles. The fraction of sp³-hybridized carbons (Fsp3) is 0.643. The second kappa shape index (κ2) is 5.15. The molecule has 0 radical (unpaired) electrons. The molecule has 0 saturated heterocycles. The Kier molecular flexibility index (Phi) is 3.79. The molecule has 1 aromatic heterocycles. The molecule has 0 aromatic carbocycles. The van der Waals surface area contributed by atoms with Crippen molar-refractivity contribution in [2.75, 3.05) is 6.61 Å². The second-order valence-electron chi connectivity index (χ2n) is 5.29. The fourth-order valence-corrected chi connectivity index (χ4v) is 2.46. The van der Waals surface area contributed by atoms with Crippen LogP contribution in [-0.2, 0) is 11.3 Å². The predicted molar refractivity (Wildman–Crippen MR) is 68.7 cm³/mol. The highest BCUT2D eigenvalue weighted by Crippen LogP contribution is 2.42. The Bertz CT molecular complexity index is 350. The van der Waals surface area contributed by atoms with Crippen LogP contribution in [0.5, 0.6) is 0 Å². The molecule has 2 unspecified atom stereocenters. The van der Waals surface area contributed by atoms with Gasteiger partial charge in [0, 0.05) is 37.0 Å². The van der Waals surface area contributed by atoms with Crippen LogP contribution in [0.3, 0.4) is 0 Å². The summed E-state index contributed by atoms with van der Waals surface area (Å²) in [6, 6.07) is 4.66. The maximum absolute atomic E-state index is 5.73. The number of ether oxygens (including phenoxy) is 1. The third-order valence-corrected chi connectivity index (χ3v) is 3.85. The first-order chi connectivity index (χ1) is 8.14. The third kappa shape index (κ3) is 2.67. The van der Waals surface area contributed by atoms with Crippen LogP contribution in [0.15, 0.2) is 24.5 Å². The molecule has 3 heteroatoms. The van der Waals surface area contributed by atoms with E-state index in [-0.39, 0.29) is 5.41 Å². The molecule has 2 atom stereocenters. The van der Waals surface area contributed by atoms with Crippen LogP contribution >= 0.6 is 0 Å². The van der Waals surface area contributed by atoms with Crippen LogP contribution in [0, 0.1) is 5.41 Å². The molecule has 0 spiro atoms. The van der Waals surface area contributed by atoms with Crippen LogP contribution in [-0.4, -0.2) is 23.7 Å². The molecule has 1 aromatic rings. The van der Waals surface area contributed by atoms with Gasteiger partial charge in [0.25, 0.3) is 0 Å². The molecule has 17 heavy (non-hydrogen) atoms. The van der Waals surface area contributed by atoms with E-state index in [4.69, 9.17) is 4.74 Å². The molecule has 1 fully saturated rings. The molecular formula is C14H22N2O. The summed E-state index contributed by atoms with van der Waals surface area (Å²) < 4.78 is 5.73. The van der Waals surface area contributed by atoms with Crippen molar-refractivity contribution in [2.45, 2.75) is 45.9 Å². The van der Waals surface area contributed by atoms with E-state index in [0.29, 0.717) is 12.1 Å². The number of hydrogen-bond donors (Lipinski definition) is 1. The van der Waals surface area contributed by atoms with E-state index in [9.17, 15) is 0 Å². The lowest BCUT2D eigenvalue weighted by atomic mass is 9.64. The Hall–Kier alpha value is -0.930. The lowest BCUT2D eigenvalue weighted by molar-refractivity contribution is -0.114. The lowest BCUT2D eigenvalue weighted by Crippen LogP contribution is -2.60. The maximum Gasteiger partial charge on any atom is 0.0655 e. The quantitative estimate of drug-likeness (QED) is 0.849. The Labute approximate surface area is 104 Å². The van der Waals surface area contributed by atoms with E-state index in [1.807, 2.05) is 12.4 Å². The standard InChI is InChI=1S/C14H22N2O/c1-4-17-13-9-12(14(13,2)3)16-10-11-5-7-15-8-6-11/h5-8,12-13,16H,4,9-10H2,1-3H3. The minimum absolute atomic E-state index is 0.239. The van der Waals surface area contributed by atoms with Crippen LogP contribution in [0.1, 0.15) is 32.8 Å². The van der Waals surface area contributed by atoms with Gasteiger partial charge < -0.3 is 10.1 Å². The Morgan fingerprint density at radius 2 is 2.12 bits per heavy atom. The number of aromatic nitrogens is 1. The minimum Gasteiger partial charge on any atom is -0.378 e. The van der Waals surface area contributed by atoms with Crippen molar-refractivity contribution >= 4 is 0 Å². The molecule has 0 amide bonds. The van der Waals surface area contributed by atoms with Gasteiger partial charge in [0.1, 0.15) is 0 Å². The van der Waals surface area contributed by atoms with Crippen molar-refractivity contribution in [2.24, 2.45) is 5.41 Å². The molecule has 2 rings (SSSR count). The van der Waals surface area contributed by atoms with E-state index < -0.39 is 0 Å². The first-order valence-corrected chi connectivity index (χ1v) is 6.38. The molecule has 1 aliphatic rings. The molecule has 1 aliphatic carbocycles. The van der Waals surface area contributed by atoms with Gasteiger partial charge in [-0.2, -0.15) is 0 Å². The molecule has 0 aliphatic heterocycles. The monoisotopic (exact) mass is 234 g/mol. The van der Waals surface area contributed by atoms with Crippen molar-refractivity contribution in [3.63, 3.8) is 0 Å². The van der Waals surface area contributed by atoms with Crippen molar-refractivity contribution < 1.29 is 4.74 Å². The highest BCUT2D eigenvalue weighted by Gasteiger charge is 2.48. The average Bonchev–Trinajstić information content (AvgIpc) is 2.34. The van der Waals surface area contributed by atoms with E-state index >= 15 is 0 Å². The van der Waals surface area contributed by atoms with Gasteiger partial charge in [-0.05, 0) is 31.0 Å². The van der Waals surface area contributed by atoms with Crippen LogP contribution in [0.25, 0.3) is 0 Å². The topological polar surface area (TPSA) is 34.1 Å². The van der Waals surface area contributed by atoms with Crippen molar-refractivity contribution in [1.29, 1.82) is 0 Å². The lowest BCUT2D eigenvalue weighted by Gasteiger charge is -2.52. The average molecular weight is 234 g/mol. The summed E-state index contributed by atoms with van der Waals surface area (Å²) >= 11 is 0. The predicted octanol–water partition coefficient (Wildman–Crippen LogP) is 2.37. The van der Waals surface area contributed by atoms with Gasteiger partial charge in [0.2, 0.25) is 0 Å². The molecule has 1 N–H and O–H groups in total. The van der Waals surface area contributed by atoms with E-state index in [0.717, 1.165) is 19.6 Å². The van der Waals surface area contributed by atoms with Crippen LogP contribution in [0.4, 0.5) is 0 Å². The highest BCUT2D eigenvalue weighted by atomic mass is 16.5. The summed E-state index contributed by atoms with van der Waals surface area (Å²) in [6.07, 6.45) is 5.20. The number of nitrogens with zero attached hydrogens (tertiary/aromatic N) is 1. The first-order valence-electron chi connectivity index (χ1n) is 6.38. The van der Waals surface area contributed by atoms with E-state index in [1.165, 1.54) is 5.56 Å². The normalized spacial score (nSPS) is 26.5. The van der Waals surface area contributed by atoms with Crippen molar-refractivity contribution in [1.82, 2.24) is 10.3 Å². The molecule has 1 saturated carbocycles. The highest BCUT2D eigenvalue weighted by molar-refractivity contribution is 5.11. The summed E-state index contributed by atoms with van der Waals surface area (Å²) in [4.78, 5) is 4.02. The maximum atomic E-state index is 5.73. The summed E-state index contributed by atoms with van der Waals surface area (Å²) in [5.74, 6) is 0. The summed E-state index contributed by atoms with van der Waals surface area (Å²) in [7, 11) is 0. The Morgan fingerprint density at radius 3 is 2.71 bits per heavy atom. The van der Waals surface area contributed by atoms with E-state index in [1.54, 1.807) is 0 Å². The van der Waals surface area contributed by atoms with Crippen molar-refractivity contribution in [3.05, 3.63) is 30.1 Å². The SMILES string of the molecule is CCOC1CC(NCc2ccncc2)C1(C)C. The molecular weight excluding hydrogens is 212 g/mol. The third-order valence-electron chi connectivity index (χ3n) is 3.85. The largest absolute Gasteiger partial charge is 0.378 e. The number of rotatable bonds is 5. The molecule has 0 bridgehead atoms. The van der Waals surface area contributed by atoms with E-state index in [2.05, 4.69) is 43.2 Å². The number of hydrogen-bond acceptors (Lipinski definition) is 3. The van der Waals surface area contributed by atoms with Crippen LogP contribution < -0.4 is 5.32 Å². The number of pyridine rings is 1. The fourth-order valence-electron chi connectivity index (χ4n) is 2.46. The molecule has 3 nitrogen and oxygen atoms in total. The van der Waals surface area contributed by atoms with Gasteiger partial charge in [0.15, 0.2) is 0 Å². The van der Waals surface area contributed by atoms with Crippen LogP contribution in [0.2, 0.25) is 0 Å². The zero-order chi connectivity index (χ0) is 12.3. The zero-order valence-electron chi connectivity index (χ0n) is 10.9. The summed E-state index contributed by atoms with van der Waals surface area (Å²) in [5.41, 5.74) is 1.53. The number of nitrogens with one attached hydrogen (secondary N) is 1. The van der Waals surface area contributed by atoms with Crippen molar-refractivity contribution in [3.8, 4) is 0 Å². The second-order valence-corrected chi connectivity index (χ2v) is 5.29. The summed E-state index contributed by atoms with van der Waals surface area (Å²) in [6.45, 7) is 8.34. The van der Waals surface area contributed by atoms with Gasteiger partial charge in [-0.1, -0.05) is 13.8 Å². The first kappa shape index (κ1) is 12.5. The van der Waals surface area contributed by atoms with Gasteiger partial charge in [-0.25, -0.2) is 0 Å². The van der Waals surface area contributed by atoms with Gasteiger partial charge in [-0.15, -0.1) is 0 Å². The molecule has 94 valence electrons. The zero-order valence-corrected chi connectivity index (χ0v) is 10.9. The minimum atomic E-state index is 0.239.